The Balaban J connectivity index is 1.83. The number of aryl methyl sites for hydroxylation is 1. The van der Waals surface area contributed by atoms with E-state index in [1.165, 1.54) is 24.3 Å². The minimum absolute atomic E-state index is 0.253. The standard InChI is InChI=1S/C20H20ClN3O5/c1-3-29-20(28)13-4-7-15(8-5-13)23-19(27)18(26)22-11-17(25)24-16-9-6-14(21)10-12(16)2/h4-10H,3,11H2,1-2H3,(H,22,26)(H,23,27)(H,24,25). The van der Waals surface area contributed by atoms with Crippen LogP contribution in [0.4, 0.5) is 11.4 Å². The summed E-state index contributed by atoms with van der Waals surface area (Å²) in [7, 11) is 0. The van der Waals surface area contributed by atoms with Crippen molar-refractivity contribution in [2.45, 2.75) is 13.8 Å². The lowest BCUT2D eigenvalue weighted by molar-refractivity contribution is -0.136. The average Bonchev–Trinajstić information content (AvgIpc) is 2.69. The summed E-state index contributed by atoms with van der Waals surface area (Å²) in [5, 5.41) is 7.78. The van der Waals surface area contributed by atoms with E-state index >= 15 is 0 Å². The summed E-state index contributed by atoms with van der Waals surface area (Å²) in [6.45, 7) is 3.35. The van der Waals surface area contributed by atoms with E-state index < -0.39 is 23.7 Å². The third-order valence-electron chi connectivity index (χ3n) is 3.73. The van der Waals surface area contributed by atoms with Crippen molar-refractivity contribution < 1.29 is 23.9 Å². The highest BCUT2D eigenvalue weighted by Gasteiger charge is 2.16. The number of esters is 1. The molecule has 8 nitrogen and oxygen atoms in total. The summed E-state index contributed by atoms with van der Waals surface area (Å²) < 4.78 is 4.86. The lowest BCUT2D eigenvalue weighted by Gasteiger charge is -2.10. The number of hydrogen-bond acceptors (Lipinski definition) is 5. The number of carbonyl (C=O) groups is 4. The monoisotopic (exact) mass is 417 g/mol. The molecule has 3 N–H and O–H groups in total. The fraction of sp³-hybridized carbons (Fsp3) is 0.200. The second-order valence-electron chi connectivity index (χ2n) is 5.94. The molecular weight excluding hydrogens is 398 g/mol. The highest BCUT2D eigenvalue weighted by molar-refractivity contribution is 6.40. The highest BCUT2D eigenvalue weighted by Crippen LogP contribution is 2.19. The van der Waals surface area contributed by atoms with Crippen LogP contribution >= 0.6 is 11.6 Å². The fourth-order valence-corrected chi connectivity index (χ4v) is 2.52. The number of amides is 3. The number of ether oxygens (including phenoxy) is 1. The van der Waals surface area contributed by atoms with E-state index in [-0.39, 0.29) is 13.2 Å². The van der Waals surface area contributed by atoms with Crippen molar-refractivity contribution in [3.8, 4) is 0 Å². The molecule has 9 heteroatoms. The molecule has 0 fully saturated rings. The normalized spacial score (nSPS) is 10.0. The van der Waals surface area contributed by atoms with Crippen LogP contribution in [0.5, 0.6) is 0 Å². The maximum absolute atomic E-state index is 12.0. The Morgan fingerprint density at radius 3 is 2.28 bits per heavy atom. The van der Waals surface area contributed by atoms with Crippen LogP contribution in [0, 0.1) is 6.92 Å². The van der Waals surface area contributed by atoms with E-state index in [4.69, 9.17) is 16.3 Å². The molecular formula is C20H20ClN3O5. The van der Waals surface area contributed by atoms with Gasteiger partial charge < -0.3 is 20.7 Å². The van der Waals surface area contributed by atoms with Crippen LogP contribution in [0.25, 0.3) is 0 Å². The maximum atomic E-state index is 12.0. The first-order valence-corrected chi connectivity index (χ1v) is 9.10. The fourth-order valence-electron chi connectivity index (χ4n) is 2.29. The molecule has 0 saturated carbocycles. The zero-order valence-corrected chi connectivity index (χ0v) is 16.6. The molecule has 0 spiro atoms. The van der Waals surface area contributed by atoms with Crippen molar-refractivity contribution in [3.63, 3.8) is 0 Å². The molecule has 29 heavy (non-hydrogen) atoms. The Hall–Kier alpha value is -3.39. The van der Waals surface area contributed by atoms with Gasteiger partial charge in [0.2, 0.25) is 5.91 Å². The molecule has 0 aliphatic carbocycles. The second kappa shape index (κ2) is 10.2. The molecule has 0 aromatic heterocycles. The first kappa shape index (κ1) is 21.9. The number of nitrogens with one attached hydrogen (secondary N) is 3. The number of benzene rings is 2. The molecule has 3 amide bonds. The van der Waals surface area contributed by atoms with E-state index in [9.17, 15) is 19.2 Å². The molecule has 0 aliphatic heterocycles. The SMILES string of the molecule is CCOC(=O)c1ccc(NC(=O)C(=O)NCC(=O)Nc2ccc(Cl)cc2C)cc1. The highest BCUT2D eigenvalue weighted by atomic mass is 35.5. The molecule has 0 bridgehead atoms. The Labute approximate surface area is 172 Å². The number of halogens is 1. The first-order valence-electron chi connectivity index (χ1n) is 8.72. The van der Waals surface area contributed by atoms with Gasteiger partial charge in [-0.2, -0.15) is 0 Å². The van der Waals surface area contributed by atoms with E-state index in [1.54, 1.807) is 32.0 Å². The van der Waals surface area contributed by atoms with Crippen LogP contribution < -0.4 is 16.0 Å². The zero-order valence-electron chi connectivity index (χ0n) is 15.9. The second-order valence-corrected chi connectivity index (χ2v) is 6.38. The summed E-state index contributed by atoms with van der Waals surface area (Å²) in [6.07, 6.45) is 0. The summed E-state index contributed by atoms with van der Waals surface area (Å²) in [4.78, 5) is 47.4. The predicted octanol–water partition coefficient (Wildman–Crippen LogP) is 2.52. The van der Waals surface area contributed by atoms with Crippen LogP contribution in [0.1, 0.15) is 22.8 Å². The van der Waals surface area contributed by atoms with Gasteiger partial charge in [0, 0.05) is 16.4 Å². The van der Waals surface area contributed by atoms with Crippen molar-refractivity contribution in [2.24, 2.45) is 0 Å². The molecule has 2 rings (SSSR count). The van der Waals surface area contributed by atoms with Crippen LogP contribution in [0.2, 0.25) is 5.02 Å². The molecule has 2 aromatic rings. The maximum Gasteiger partial charge on any atom is 0.338 e. The van der Waals surface area contributed by atoms with Crippen molar-refractivity contribution >= 4 is 46.7 Å². The lowest BCUT2D eigenvalue weighted by Crippen LogP contribution is -2.39. The Morgan fingerprint density at radius 1 is 0.966 bits per heavy atom. The summed E-state index contributed by atoms with van der Waals surface area (Å²) in [5.41, 5.74) is 1.96. The number of rotatable bonds is 6. The Bertz CT molecular complexity index is 928. The van der Waals surface area contributed by atoms with E-state index in [0.717, 1.165) is 5.56 Å². The van der Waals surface area contributed by atoms with Crippen LogP contribution in [-0.2, 0) is 19.1 Å². The topological polar surface area (TPSA) is 114 Å². The lowest BCUT2D eigenvalue weighted by atomic mass is 10.2. The largest absolute Gasteiger partial charge is 0.462 e. The van der Waals surface area contributed by atoms with Gasteiger partial charge in [-0.1, -0.05) is 11.6 Å². The molecule has 0 radical (unpaired) electrons. The quantitative estimate of drug-likeness (QED) is 0.493. The van der Waals surface area contributed by atoms with Gasteiger partial charge in [0.25, 0.3) is 0 Å². The van der Waals surface area contributed by atoms with Crippen molar-refractivity contribution in [1.82, 2.24) is 5.32 Å². The van der Waals surface area contributed by atoms with Gasteiger partial charge in [-0.25, -0.2) is 4.79 Å². The van der Waals surface area contributed by atoms with Crippen molar-refractivity contribution in [2.75, 3.05) is 23.8 Å². The Kier molecular flexibility index (Phi) is 7.73. The van der Waals surface area contributed by atoms with E-state index in [1.807, 2.05) is 0 Å². The van der Waals surface area contributed by atoms with Crippen LogP contribution in [0.3, 0.4) is 0 Å². The van der Waals surface area contributed by atoms with Gasteiger partial charge >= 0.3 is 17.8 Å². The van der Waals surface area contributed by atoms with Crippen LogP contribution in [-0.4, -0.2) is 36.8 Å². The summed E-state index contributed by atoms with van der Waals surface area (Å²) in [6, 6.07) is 10.8. The smallest absolute Gasteiger partial charge is 0.338 e. The van der Waals surface area contributed by atoms with Gasteiger partial charge in [0.15, 0.2) is 0 Å². The van der Waals surface area contributed by atoms with E-state index in [2.05, 4.69) is 16.0 Å². The summed E-state index contributed by atoms with van der Waals surface area (Å²) >= 11 is 5.86. The number of hydrogen-bond donors (Lipinski definition) is 3. The van der Waals surface area contributed by atoms with Gasteiger partial charge in [-0.3, -0.25) is 14.4 Å². The third kappa shape index (κ3) is 6.62. The van der Waals surface area contributed by atoms with Crippen LogP contribution in [0.15, 0.2) is 42.5 Å². The van der Waals surface area contributed by atoms with Gasteiger partial charge in [-0.05, 0) is 61.9 Å². The van der Waals surface area contributed by atoms with Crippen molar-refractivity contribution in [1.29, 1.82) is 0 Å². The molecule has 0 atom stereocenters. The minimum atomic E-state index is -0.970. The van der Waals surface area contributed by atoms with Gasteiger partial charge in [-0.15, -0.1) is 0 Å². The average molecular weight is 418 g/mol. The Morgan fingerprint density at radius 2 is 1.66 bits per heavy atom. The summed E-state index contributed by atoms with van der Waals surface area (Å²) in [5.74, 6) is -2.88. The molecule has 2 aromatic carbocycles. The number of anilines is 2. The van der Waals surface area contributed by atoms with Gasteiger partial charge in [0.05, 0.1) is 18.7 Å². The molecule has 0 aliphatic rings. The van der Waals surface area contributed by atoms with Gasteiger partial charge in [0.1, 0.15) is 0 Å². The number of carbonyl (C=O) groups excluding carboxylic acids is 4. The molecule has 152 valence electrons. The molecule has 0 heterocycles. The third-order valence-corrected chi connectivity index (χ3v) is 3.97. The zero-order chi connectivity index (χ0) is 21.4. The minimum Gasteiger partial charge on any atom is -0.462 e. The first-order chi connectivity index (χ1) is 13.8. The molecule has 0 unspecified atom stereocenters. The van der Waals surface area contributed by atoms with Crippen molar-refractivity contribution in [3.05, 3.63) is 58.6 Å². The predicted molar refractivity (Wildman–Crippen MR) is 109 cm³/mol. The van der Waals surface area contributed by atoms with E-state index in [0.29, 0.717) is 22.0 Å². The molecule has 0 saturated heterocycles.